The van der Waals surface area contributed by atoms with Gasteiger partial charge in [-0.15, -0.1) is 0 Å². The van der Waals surface area contributed by atoms with Crippen molar-refractivity contribution in [2.24, 2.45) is 4.99 Å². The molecule has 1 aromatic carbocycles. The van der Waals surface area contributed by atoms with Crippen LogP contribution >= 0.6 is 0 Å². The van der Waals surface area contributed by atoms with Gasteiger partial charge in [-0.1, -0.05) is 0 Å². The smallest absolute Gasteiger partial charge is 0.257 e. The van der Waals surface area contributed by atoms with Crippen LogP contribution in [0.2, 0.25) is 0 Å². The second kappa shape index (κ2) is 8.82. The number of nitrogens with zero attached hydrogens (tertiary/aromatic N) is 4. The number of pyridine rings is 1. The highest BCUT2D eigenvalue weighted by atomic mass is 19.1. The number of hydrogen-bond acceptors (Lipinski definition) is 6. The average molecular weight is 456 g/mol. The van der Waals surface area contributed by atoms with Gasteiger partial charge < -0.3 is 25.7 Å². The van der Waals surface area contributed by atoms with Gasteiger partial charge in [-0.3, -0.25) is 9.79 Å². The summed E-state index contributed by atoms with van der Waals surface area (Å²) in [6.45, 7) is 8.22. The number of fused-ring (bicyclic) bond motifs is 1. The maximum Gasteiger partial charge on any atom is 0.257 e. The molecule has 178 valence electrons. The SMILES string of the molecule is CCN=Cc1c(N2CC[C@](C)(NC)C2)ccc(C(=O)Nc2cc(F)c3nc(C)cn3c2)c1N.[HH].[HH]. The highest BCUT2D eigenvalue weighted by Crippen LogP contribution is 2.33. The van der Waals surface area contributed by atoms with Crippen molar-refractivity contribution in [2.75, 3.05) is 42.6 Å². The Balaban J connectivity index is 0.00000216. The number of likely N-dealkylation sites (N-methyl/N-ethyl adjacent to an activating group) is 1. The van der Waals surface area contributed by atoms with Crippen molar-refractivity contribution in [3.8, 4) is 0 Å². The number of amides is 1. The average Bonchev–Trinajstić information content (AvgIpc) is 3.35. The van der Waals surface area contributed by atoms with E-state index in [-0.39, 0.29) is 14.0 Å². The number of anilines is 3. The third kappa shape index (κ3) is 4.41. The number of nitrogens with one attached hydrogen (secondary N) is 2. The van der Waals surface area contributed by atoms with Gasteiger partial charge in [0.25, 0.3) is 5.91 Å². The first-order valence-electron chi connectivity index (χ1n) is 11.1. The van der Waals surface area contributed by atoms with Gasteiger partial charge in [0, 0.05) is 64.0 Å². The molecular formula is C24H34FN7O. The van der Waals surface area contributed by atoms with E-state index in [1.54, 1.807) is 36.0 Å². The molecule has 1 aliphatic heterocycles. The summed E-state index contributed by atoms with van der Waals surface area (Å²) in [5.41, 5.74) is 10.0. The van der Waals surface area contributed by atoms with E-state index in [1.807, 2.05) is 20.0 Å². The van der Waals surface area contributed by atoms with Crippen LogP contribution in [0.15, 0.2) is 35.6 Å². The summed E-state index contributed by atoms with van der Waals surface area (Å²) in [7, 11) is 1.97. The Morgan fingerprint density at radius 2 is 2.21 bits per heavy atom. The zero-order valence-corrected chi connectivity index (χ0v) is 19.4. The number of carbonyl (C=O) groups excluding carboxylic acids is 1. The van der Waals surface area contributed by atoms with Crippen molar-refractivity contribution in [1.82, 2.24) is 14.7 Å². The lowest BCUT2D eigenvalue weighted by molar-refractivity contribution is 0.102. The number of benzene rings is 1. The molecule has 4 N–H and O–H groups in total. The molecule has 0 bridgehead atoms. The van der Waals surface area contributed by atoms with Crippen molar-refractivity contribution < 1.29 is 12.0 Å². The van der Waals surface area contributed by atoms with Crippen molar-refractivity contribution in [1.29, 1.82) is 0 Å². The van der Waals surface area contributed by atoms with Gasteiger partial charge in [0.05, 0.1) is 22.6 Å². The number of hydrogen-bond donors (Lipinski definition) is 3. The third-order valence-electron chi connectivity index (χ3n) is 6.21. The molecule has 33 heavy (non-hydrogen) atoms. The van der Waals surface area contributed by atoms with Gasteiger partial charge in [0.2, 0.25) is 0 Å². The minimum atomic E-state index is -0.512. The molecule has 0 unspecified atom stereocenters. The van der Waals surface area contributed by atoms with E-state index in [4.69, 9.17) is 5.73 Å². The molecule has 1 fully saturated rings. The second-order valence-electron chi connectivity index (χ2n) is 8.71. The van der Waals surface area contributed by atoms with Crippen LogP contribution in [0.1, 0.15) is 44.7 Å². The van der Waals surface area contributed by atoms with E-state index in [2.05, 4.69) is 32.4 Å². The Morgan fingerprint density at radius 1 is 1.42 bits per heavy atom. The van der Waals surface area contributed by atoms with Gasteiger partial charge >= 0.3 is 0 Å². The summed E-state index contributed by atoms with van der Waals surface area (Å²) in [6.07, 6.45) is 6.06. The Morgan fingerprint density at radius 3 is 2.91 bits per heavy atom. The maximum absolute atomic E-state index is 14.4. The molecule has 0 radical (unpaired) electrons. The van der Waals surface area contributed by atoms with Crippen LogP contribution in [0, 0.1) is 12.7 Å². The fourth-order valence-electron chi connectivity index (χ4n) is 4.23. The number of nitrogen functional groups attached to an aromatic ring is 1. The highest BCUT2D eigenvalue weighted by molar-refractivity contribution is 6.11. The third-order valence-corrected chi connectivity index (χ3v) is 6.21. The Hall–Kier alpha value is -3.46. The van der Waals surface area contributed by atoms with E-state index in [9.17, 15) is 9.18 Å². The molecule has 1 saturated heterocycles. The molecule has 0 aliphatic carbocycles. The summed E-state index contributed by atoms with van der Waals surface area (Å²) in [6, 6.07) is 4.88. The Bertz CT molecular complexity index is 1250. The minimum Gasteiger partial charge on any atom is -0.397 e. The molecule has 1 atom stereocenters. The Labute approximate surface area is 195 Å². The fraction of sp³-hybridized carbons (Fsp3) is 0.375. The second-order valence-corrected chi connectivity index (χ2v) is 8.71. The van der Waals surface area contributed by atoms with Gasteiger partial charge in [-0.05, 0) is 46.4 Å². The quantitative estimate of drug-likeness (QED) is 0.388. The predicted molar refractivity (Wildman–Crippen MR) is 135 cm³/mol. The van der Waals surface area contributed by atoms with Crippen LogP contribution in [0.4, 0.5) is 21.5 Å². The molecule has 0 saturated carbocycles. The van der Waals surface area contributed by atoms with Gasteiger partial charge in [-0.2, -0.15) is 0 Å². The normalized spacial score (nSPS) is 18.5. The molecule has 2 aromatic heterocycles. The monoisotopic (exact) mass is 455 g/mol. The lowest BCUT2D eigenvalue weighted by Gasteiger charge is -2.26. The van der Waals surface area contributed by atoms with Crippen molar-refractivity contribution in [3.05, 3.63) is 53.2 Å². The first-order chi connectivity index (χ1) is 15.7. The van der Waals surface area contributed by atoms with Crippen LogP contribution in [0.25, 0.3) is 5.65 Å². The van der Waals surface area contributed by atoms with Crippen LogP contribution in [0.5, 0.6) is 0 Å². The molecule has 8 nitrogen and oxygen atoms in total. The molecule has 3 aromatic rings. The zero-order chi connectivity index (χ0) is 23.8. The number of aliphatic imine (C=N–C) groups is 1. The molecule has 1 amide bonds. The molecule has 1 aliphatic rings. The van der Waals surface area contributed by atoms with Crippen LogP contribution < -0.4 is 21.3 Å². The fourth-order valence-corrected chi connectivity index (χ4v) is 4.23. The first kappa shape index (κ1) is 22.7. The van der Waals surface area contributed by atoms with E-state index < -0.39 is 11.7 Å². The lowest BCUT2D eigenvalue weighted by Crippen LogP contribution is -2.42. The summed E-state index contributed by atoms with van der Waals surface area (Å²) in [4.78, 5) is 23.9. The van der Waals surface area contributed by atoms with Crippen molar-refractivity contribution in [3.63, 3.8) is 0 Å². The van der Waals surface area contributed by atoms with E-state index in [1.165, 1.54) is 6.07 Å². The highest BCUT2D eigenvalue weighted by Gasteiger charge is 2.33. The minimum absolute atomic E-state index is 0. The zero-order valence-electron chi connectivity index (χ0n) is 19.4. The molecule has 4 rings (SSSR count). The van der Waals surface area contributed by atoms with E-state index in [0.29, 0.717) is 29.2 Å². The number of aromatic nitrogens is 2. The van der Waals surface area contributed by atoms with Gasteiger partial charge in [0.15, 0.2) is 11.5 Å². The molecule has 9 heteroatoms. The number of rotatable bonds is 6. The van der Waals surface area contributed by atoms with Gasteiger partial charge in [-0.25, -0.2) is 9.37 Å². The predicted octanol–water partition coefficient (Wildman–Crippen LogP) is 3.74. The number of aryl methyl sites for hydroxylation is 1. The van der Waals surface area contributed by atoms with E-state index in [0.717, 1.165) is 30.8 Å². The van der Waals surface area contributed by atoms with Crippen LogP contribution in [-0.4, -0.2) is 53.7 Å². The number of carbonyl (C=O) groups is 1. The van der Waals surface area contributed by atoms with Gasteiger partial charge in [0.1, 0.15) is 0 Å². The largest absolute Gasteiger partial charge is 0.397 e. The molecular weight excluding hydrogens is 421 g/mol. The summed E-state index contributed by atoms with van der Waals surface area (Å²) in [5, 5.41) is 6.15. The Kier molecular flexibility index (Phi) is 6.07. The standard InChI is InChI=1S/C24H30FN7O.2H2/c1-5-28-11-18-20(31-9-8-24(3,14-31)27-4)7-6-17(21(18)26)23(33)30-16-10-19(25)22-29-15(2)12-32(22)13-16;;/h6-7,10-13,27H,5,8-9,14,26H2,1-4H3,(H,30,33);2*1H/t24-;;/m0../s1. The lowest BCUT2D eigenvalue weighted by atomic mass is 10.0. The topological polar surface area (TPSA) is 100 Å². The summed E-state index contributed by atoms with van der Waals surface area (Å²) in [5.74, 6) is -0.927. The summed E-state index contributed by atoms with van der Waals surface area (Å²) < 4.78 is 16.0. The molecule has 3 heterocycles. The molecule has 0 spiro atoms. The van der Waals surface area contributed by atoms with Crippen molar-refractivity contribution in [2.45, 2.75) is 32.7 Å². The number of imidazole rings is 1. The first-order valence-corrected chi connectivity index (χ1v) is 11.1. The van der Waals surface area contributed by atoms with Crippen LogP contribution in [-0.2, 0) is 0 Å². The van der Waals surface area contributed by atoms with Crippen molar-refractivity contribution >= 4 is 34.8 Å². The summed E-state index contributed by atoms with van der Waals surface area (Å²) >= 11 is 0. The number of nitrogens with two attached hydrogens (primary N) is 1. The number of halogens is 1. The van der Waals surface area contributed by atoms with E-state index >= 15 is 0 Å². The maximum atomic E-state index is 14.4. The van der Waals surface area contributed by atoms with Crippen LogP contribution in [0.3, 0.4) is 0 Å².